The summed E-state index contributed by atoms with van der Waals surface area (Å²) >= 11 is 0. The van der Waals surface area contributed by atoms with Gasteiger partial charge in [0.05, 0.1) is 6.61 Å². The van der Waals surface area contributed by atoms with Crippen molar-refractivity contribution < 1.29 is 4.74 Å². The molecule has 3 nitrogen and oxygen atoms in total. The highest BCUT2D eigenvalue weighted by molar-refractivity contribution is 5.36. The molecule has 0 radical (unpaired) electrons. The van der Waals surface area contributed by atoms with Crippen LogP contribution in [-0.2, 0) is 4.74 Å². The van der Waals surface area contributed by atoms with E-state index in [2.05, 4.69) is 36.4 Å². The number of nitrogens with zero attached hydrogens (tertiary/aromatic N) is 1. The lowest BCUT2D eigenvalue weighted by Crippen LogP contribution is -2.20. The third-order valence-corrected chi connectivity index (χ3v) is 2.17. The largest absolute Gasteiger partial charge is 0.380 e. The van der Waals surface area contributed by atoms with Gasteiger partial charge in [-0.15, -0.1) is 0 Å². The van der Waals surface area contributed by atoms with Crippen molar-refractivity contribution in [3.8, 4) is 0 Å². The quantitative estimate of drug-likeness (QED) is 0.740. The molecule has 1 rings (SSSR count). The van der Waals surface area contributed by atoms with Gasteiger partial charge in [-0.05, 0) is 24.1 Å². The molecule has 0 saturated heterocycles. The molecule has 2 N–H and O–H groups in total. The number of nitrogens with two attached hydrogens (primary N) is 1. The van der Waals surface area contributed by atoms with Gasteiger partial charge in [-0.25, -0.2) is 0 Å². The Morgan fingerprint density at radius 2 is 2.40 bits per heavy atom. The number of likely N-dealkylation sites (N-methyl/N-ethyl adjacent to an activating group) is 1. The van der Waals surface area contributed by atoms with Crippen LogP contribution in [0.2, 0.25) is 0 Å². The van der Waals surface area contributed by atoms with Crippen LogP contribution in [0.5, 0.6) is 0 Å². The maximum Gasteiger partial charge on any atom is 0.0693 e. The van der Waals surface area contributed by atoms with Crippen molar-refractivity contribution in [2.75, 3.05) is 33.9 Å². The Bertz CT molecular complexity index is 279. The predicted molar refractivity (Wildman–Crippen MR) is 63.5 cm³/mol. The van der Waals surface area contributed by atoms with Crippen LogP contribution in [0.3, 0.4) is 0 Å². The molecule has 0 fully saturated rings. The van der Waals surface area contributed by atoms with Crippen LogP contribution in [0.1, 0.15) is 6.42 Å². The lowest BCUT2D eigenvalue weighted by atomic mass is 10.1. The van der Waals surface area contributed by atoms with Crippen molar-refractivity contribution in [1.82, 2.24) is 4.90 Å². The van der Waals surface area contributed by atoms with E-state index in [4.69, 9.17) is 10.5 Å². The Balaban J connectivity index is 2.61. The molecular weight excluding hydrogens is 188 g/mol. The number of hydrogen-bond donors (Lipinski definition) is 1. The van der Waals surface area contributed by atoms with Crippen LogP contribution in [0.15, 0.2) is 35.6 Å². The van der Waals surface area contributed by atoms with E-state index in [1.807, 2.05) is 0 Å². The number of ether oxygens (including phenoxy) is 1. The molecular formula is C12H20N2O. The van der Waals surface area contributed by atoms with Gasteiger partial charge in [0.25, 0.3) is 0 Å². The zero-order valence-corrected chi connectivity index (χ0v) is 9.57. The van der Waals surface area contributed by atoms with Crippen LogP contribution >= 0.6 is 0 Å². The third kappa shape index (κ3) is 4.32. The summed E-state index contributed by atoms with van der Waals surface area (Å²) in [5.74, 6) is 0. The fourth-order valence-electron chi connectivity index (χ4n) is 1.62. The molecule has 0 bridgehead atoms. The first-order valence-electron chi connectivity index (χ1n) is 5.23. The smallest absolute Gasteiger partial charge is 0.0693 e. The van der Waals surface area contributed by atoms with E-state index in [1.54, 1.807) is 7.11 Å². The van der Waals surface area contributed by atoms with Crippen molar-refractivity contribution in [1.29, 1.82) is 0 Å². The minimum absolute atomic E-state index is 0.701. The summed E-state index contributed by atoms with van der Waals surface area (Å²) < 4.78 is 5.14. The SMILES string of the molecule is COCC1=CC(C=CCCN)=CN(C)C1. The Hall–Kier alpha value is -1.06. The average molecular weight is 208 g/mol. The third-order valence-electron chi connectivity index (χ3n) is 2.17. The highest BCUT2D eigenvalue weighted by atomic mass is 16.5. The minimum Gasteiger partial charge on any atom is -0.380 e. The molecule has 0 unspecified atom stereocenters. The maximum absolute atomic E-state index is 5.43. The van der Waals surface area contributed by atoms with Crippen LogP contribution in [0, 0.1) is 0 Å². The van der Waals surface area contributed by atoms with E-state index in [0.717, 1.165) is 13.0 Å². The number of allylic oxidation sites excluding steroid dienone is 3. The van der Waals surface area contributed by atoms with E-state index in [0.29, 0.717) is 13.2 Å². The van der Waals surface area contributed by atoms with Gasteiger partial charge >= 0.3 is 0 Å². The normalized spacial score (nSPS) is 16.9. The summed E-state index contributed by atoms with van der Waals surface area (Å²) in [7, 11) is 3.79. The maximum atomic E-state index is 5.43. The van der Waals surface area contributed by atoms with Gasteiger partial charge in [-0.1, -0.05) is 18.2 Å². The molecule has 0 saturated carbocycles. The molecule has 0 aliphatic carbocycles. The monoisotopic (exact) mass is 208 g/mol. The average Bonchev–Trinajstić information content (AvgIpc) is 2.18. The van der Waals surface area contributed by atoms with Crippen LogP contribution < -0.4 is 5.73 Å². The molecule has 1 aliphatic heterocycles. The summed E-state index contributed by atoms with van der Waals surface area (Å²) in [6.45, 7) is 2.35. The van der Waals surface area contributed by atoms with Crippen LogP contribution in [0.25, 0.3) is 0 Å². The molecule has 15 heavy (non-hydrogen) atoms. The van der Waals surface area contributed by atoms with Gasteiger partial charge in [-0.3, -0.25) is 0 Å². The molecule has 84 valence electrons. The minimum atomic E-state index is 0.701. The van der Waals surface area contributed by atoms with Crippen molar-refractivity contribution in [3.05, 3.63) is 35.6 Å². The summed E-state index contributed by atoms with van der Waals surface area (Å²) in [6.07, 6.45) is 9.45. The lowest BCUT2D eigenvalue weighted by Gasteiger charge is -2.21. The van der Waals surface area contributed by atoms with Gasteiger partial charge < -0.3 is 15.4 Å². The summed E-state index contributed by atoms with van der Waals surface area (Å²) in [5, 5.41) is 0. The van der Waals surface area contributed by atoms with Crippen molar-refractivity contribution in [2.45, 2.75) is 6.42 Å². The van der Waals surface area contributed by atoms with Gasteiger partial charge in [0.2, 0.25) is 0 Å². The second-order valence-electron chi connectivity index (χ2n) is 3.76. The van der Waals surface area contributed by atoms with E-state index in [9.17, 15) is 0 Å². The summed E-state index contributed by atoms with van der Waals surface area (Å²) in [6, 6.07) is 0. The second-order valence-corrected chi connectivity index (χ2v) is 3.76. The Kier molecular flexibility index (Phi) is 5.15. The second kappa shape index (κ2) is 6.43. The van der Waals surface area contributed by atoms with Crippen LogP contribution in [0.4, 0.5) is 0 Å². The lowest BCUT2D eigenvalue weighted by molar-refractivity contribution is 0.219. The summed E-state index contributed by atoms with van der Waals surface area (Å²) in [4.78, 5) is 2.16. The Morgan fingerprint density at radius 3 is 3.07 bits per heavy atom. The first kappa shape index (κ1) is 12.0. The van der Waals surface area contributed by atoms with Crippen molar-refractivity contribution in [2.24, 2.45) is 5.73 Å². The first-order valence-corrected chi connectivity index (χ1v) is 5.23. The van der Waals surface area contributed by atoms with E-state index >= 15 is 0 Å². The molecule has 0 amide bonds. The Labute approximate surface area is 91.9 Å². The molecule has 0 spiro atoms. The topological polar surface area (TPSA) is 38.5 Å². The molecule has 1 aliphatic rings. The zero-order valence-electron chi connectivity index (χ0n) is 9.57. The fourth-order valence-corrected chi connectivity index (χ4v) is 1.62. The molecule has 3 heteroatoms. The van der Waals surface area contributed by atoms with E-state index < -0.39 is 0 Å². The molecule has 0 aromatic carbocycles. The van der Waals surface area contributed by atoms with Gasteiger partial charge in [0.1, 0.15) is 0 Å². The predicted octanol–water partition coefficient (Wildman–Crippen LogP) is 1.29. The molecule has 0 aromatic rings. The van der Waals surface area contributed by atoms with E-state index in [1.165, 1.54) is 11.1 Å². The van der Waals surface area contributed by atoms with Gasteiger partial charge in [-0.2, -0.15) is 0 Å². The van der Waals surface area contributed by atoms with Gasteiger partial charge in [0, 0.05) is 26.9 Å². The molecule has 0 aromatic heterocycles. The number of methoxy groups -OCH3 is 1. The Morgan fingerprint density at radius 1 is 1.60 bits per heavy atom. The van der Waals surface area contributed by atoms with Crippen molar-refractivity contribution >= 4 is 0 Å². The number of rotatable bonds is 5. The van der Waals surface area contributed by atoms with E-state index in [-0.39, 0.29) is 0 Å². The zero-order chi connectivity index (χ0) is 11.1. The summed E-state index contributed by atoms with van der Waals surface area (Å²) in [5.41, 5.74) is 7.94. The number of hydrogen-bond acceptors (Lipinski definition) is 3. The van der Waals surface area contributed by atoms with Gasteiger partial charge in [0.15, 0.2) is 0 Å². The molecule has 1 heterocycles. The highest BCUT2D eigenvalue weighted by Gasteiger charge is 2.06. The van der Waals surface area contributed by atoms with Crippen LogP contribution in [-0.4, -0.2) is 38.8 Å². The molecule has 0 atom stereocenters. The highest BCUT2D eigenvalue weighted by Crippen LogP contribution is 2.13. The first-order chi connectivity index (χ1) is 7.26. The fraction of sp³-hybridized carbons (Fsp3) is 0.500. The van der Waals surface area contributed by atoms with Crippen molar-refractivity contribution in [3.63, 3.8) is 0 Å². The standard InChI is InChI=1S/C12H20N2O/c1-14-8-11(5-3-4-6-13)7-12(9-14)10-15-2/h3,5,7-8H,4,6,9-10,13H2,1-2H3.